The molecular formula is C23H17FN4O3S. The Balaban J connectivity index is 1.63. The second-order valence-electron chi connectivity index (χ2n) is 6.78. The summed E-state index contributed by atoms with van der Waals surface area (Å²) in [6.07, 6.45) is 0. The molecule has 0 spiro atoms. The maximum Gasteiger partial charge on any atom is 0.266 e. The fourth-order valence-electron chi connectivity index (χ4n) is 3.10. The number of thioether (sulfide) groups is 1. The van der Waals surface area contributed by atoms with Gasteiger partial charge in [-0.15, -0.1) is 0 Å². The van der Waals surface area contributed by atoms with Gasteiger partial charge in [0, 0.05) is 11.3 Å². The lowest BCUT2D eigenvalue weighted by atomic mass is 10.2. The summed E-state index contributed by atoms with van der Waals surface area (Å²) in [4.78, 5) is 41.2. The van der Waals surface area contributed by atoms with E-state index in [1.807, 2.05) is 0 Å². The molecule has 0 aliphatic carbocycles. The van der Waals surface area contributed by atoms with Crippen molar-refractivity contribution in [1.82, 2.24) is 9.55 Å². The molecule has 0 radical (unpaired) electrons. The number of hydrogen-bond acceptors (Lipinski definition) is 5. The van der Waals surface area contributed by atoms with Crippen LogP contribution in [0.25, 0.3) is 16.6 Å². The number of amides is 2. The lowest BCUT2D eigenvalue weighted by molar-refractivity contribution is -0.113. The van der Waals surface area contributed by atoms with Crippen LogP contribution in [0, 0.1) is 5.82 Å². The third kappa shape index (κ3) is 4.37. The highest BCUT2D eigenvalue weighted by molar-refractivity contribution is 7.99. The quantitative estimate of drug-likeness (QED) is 0.347. The van der Waals surface area contributed by atoms with Crippen molar-refractivity contribution in [2.24, 2.45) is 5.73 Å². The van der Waals surface area contributed by atoms with Crippen LogP contribution in [-0.2, 0) is 4.79 Å². The van der Waals surface area contributed by atoms with Gasteiger partial charge < -0.3 is 11.1 Å². The number of primary amides is 1. The molecule has 4 rings (SSSR count). The molecule has 3 N–H and O–H groups in total. The van der Waals surface area contributed by atoms with Gasteiger partial charge in [0.05, 0.1) is 22.3 Å². The Morgan fingerprint density at radius 2 is 1.69 bits per heavy atom. The zero-order valence-electron chi connectivity index (χ0n) is 16.6. The van der Waals surface area contributed by atoms with Crippen LogP contribution in [0.2, 0.25) is 0 Å². The van der Waals surface area contributed by atoms with E-state index in [2.05, 4.69) is 10.3 Å². The minimum Gasteiger partial charge on any atom is -0.366 e. The highest BCUT2D eigenvalue weighted by Crippen LogP contribution is 2.23. The van der Waals surface area contributed by atoms with E-state index in [4.69, 9.17) is 5.73 Å². The number of hydrogen-bond donors (Lipinski definition) is 2. The summed E-state index contributed by atoms with van der Waals surface area (Å²) in [6.45, 7) is 0. The molecule has 3 aromatic carbocycles. The summed E-state index contributed by atoms with van der Waals surface area (Å²) in [5.41, 5.74) is 6.11. The van der Waals surface area contributed by atoms with Crippen molar-refractivity contribution in [3.63, 3.8) is 0 Å². The Bertz CT molecular complexity index is 1390. The summed E-state index contributed by atoms with van der Waals surface area (Å²) < 4.78 is 15.7. The summed E-state index contributed by atoms with van der Waals surface area (Å²) in [5, 5.41) is 3.24. The number of rotatable bonds is 6. The first-order valence-corrected chi connectivity index (χ1v) is 10.5. The first-order chi connectivity index (χ1) is 15.4. The first-order valence-electron chi connectivity index (χ1n) is 9.53. The molecule has 0 atom stereocenters. The van der Waals surface area contributed by atoms with E-state index in [-0.39, 0.29) is 22.5 Å². The molecule has 32 heavy (non-hydrogen) atoms. The van der Waals surface area contributed by atoms with Gasteiger partial charge in [0.2, 0.25) is 11.8 Å². The lowest BCUT2D eigenvalue weighted by Crippen LogP contribution is -2.23. The van der Waals surface area contributed by atoms with Crippen LogP contribution in [0.3, 0.4) is 0 Å². The maximum absolute atomic E-state index is 14.5. The standard InChI is InChI=1S/C23H17FN4O3S/c24-17-6-2-4-8-19(17)28-22(31)16-5-1-3-7-18(16)27-23(28)32-13-20(29)26-15-11-9-14(10-12-15)21(25)30/h1-12H,13H2,(H2,25,30)(H,26,29). The number of fused-ring (bicyclic) bond motifs is 1. The van der Waals surface area contributed by atoms with Crippen molar-refractivity contribution in [3.05, 3.63) is 94.5 Å². The van der Waals surface area contributed by atoms with E-state index >= 15 is 0 Å². The second-order valence-corrected chi connectivity index (χ2v) is 7.72. The smallest absolute Gasteiger partial charge is 0.266 e. The zero-order valence-corrected chi connectivity index (χ0v) is 17.4. The van der Waals surface area contributed by atoms with E-state index in [0.29, 0.717) is 22.2 Å². The average molecular weight is 448 g/mol. The molecule has 0 fully saturated rings. The Labute approximate surface area is 186 Å². The van der Waals surface area contributed by atoms with Gasteiger partial charge in [-0.25, -0.2) is 9.37 Å². The largest absolute Gasteiger partial charge is 0.366 e. The second kappa shape index (κ2) is 9.03. The summed E-state index contributed by atoms with van der Waals surface area (Å²) in [7, 11) is 0. The average Bonchev–Trinajstić information content (AvgIpc) is 2.79. The molecule has 0 saturated carbocycles. The molecule has 1 heterocycles. The Kier molecular flexibility index (Phi) is 6.00. The number of carbonyl (C=O) groups excluding carboxylic acids is 2. The number of nitrogens with one attached hydrogen (secondary N) is 1. The number of para-hydroxylation sites is 2. The van der Waals surface area contributed by atoms with Crippen molar-refractivity contribution in [1.29, 1.82) is 0 Å². The van der Waals surface area contributed by atoms with Crippen LogP contribution in [-0.4, -0.2) is 27.1 Å². The van der Waals surface area contributed by atoms with Gasteiger partial charge in [-0.1, -0.05) is 36.0 Å². The number of anilines is 1. The number of nitrogens with zero attached hydrogens (tertiary/aromatic N) is 2. The molecule has 0 aliphatic rings. The highest BCUT2D eigenvalue weighted by atomic mass is 32.2. The molecule has 0 bridgehead atoms. The van der Waals surface area contributed by atoms with Crippen LogP contribution >= 0.6 is 11.8 Å². The predicted molar refractivity (Wildman–Crippen MR) is 122 cm³/mol. The van der Waals surface area contributed by atoms with Crippen molar-refractivity contribution in [2.75, 3.05) is 11.1 Å². The summed E-state index contributed by atoms with van der Waals surface area (Å²) in [6, 6.07) is 18.8. The van der Waals surface area contributed by atoms with Crippen LogP contribution in [0.4, 0.5) is 10.1 Å². The van der Waals surface area contributed by atoms with Gasteiger partial charge in [0.25, 0.3) is 5.56 Å². The summed E-state index contributed by atoms with van der Waals surface area (Å²) >= 11 is 1.01. The maximum atomic E-state index is 14.5. The van der Waals surface area contributed by atoms with Gasteiger partial charge in [-0.05, 0) is 48.5 Å². The Hall–Kier alpha value is -3.98. The van der Waals surface area contributed by atoms with Crippen molar-refractivity contribution in [2.45, 2.75) is 5.16 Å². The number of benzene rings is 3. The Morgan fingerprint density at radius 3 is 2.41 bits per heavy atom. The third-order valence-corrected chi connectivity index (χ3v) is 5.56. The lowest BCUT2D eigenvalue weighted by Gasteiger charge is -2.14. The van der Waals surface area contributed by atoms with Crippen LogP contribution < -0.4 is 16.6 Å². The number of carbonyl (C=O) groups is 2. The molecule has 0 saturated heterocycles. The van der Waals surface area contributed by atoms with Gasteiger partial charge in [-0.2, -0.15) is 0 Å². The topological polar surface area (TPSA) is 107 Å². The summed E-state index contributed by atoms with van der Waals surface area (Å²) in [5.74, 6) is -1.57. The monoisotopic (exact) mass is 448 g/mol. The van der Waals surface area contributed by atoms with Gasteiger partial charge in [0.1, 0.15) is 5.82 Å². The fourth-order valence-corrected chi connectivity index (χ4v) is 3.91. The van der Waals surface area contributed by atoms with Gasteiger partial charge in [-0.3, -0.25) is 19.0 Å². The number of halogens is 1. The van der Waals surface area contributed by atoms with Gasteiger partial charge in [0.15, 0.2) is 5.16 Å². The van der Waals surface area contributed by atoms with E-state index in [9.17, 15) is 18.8 Å². The fraction of sp³-hybridized carbons (Fsp3) is 0.0435. The molecule has 0 unspecified atom stereocenters. The van der Waals surface area contributed by atoms with Crippen molar-refractivity contribution in [3.8, 4) is 5.69 Å². The molecule has 0 aliphatic heterocycles. The molecular weight excluding hydrogens is 431 g/mol. The highest BCUT2D eigenvalue weighted by Gasteiger charge is 2.17. The number of nitrogens with two attached hydrogens (primary N) is 1. The van der Waals surface area contributed by atoms with E-state index in [1.54, 1.807) is 42.5 Å². The minimum atomic E-state index is -0.576. The van der Waals surface area contributed by atoms with Crippen molar-refractivity contribution < 1.29 is 14.0 Å². The molecule has 7 nitrogen and oxygen atoms in total. The molecule has 9 heteroatoms. The number of aromatic nitrogens is 2. The van der Waals surface area contributed by atoms with Crippen molar-refractivity contribution >= 4 is 40.2 Å². The van der Waals surface area contributed by atoms with Crippen LogP contribution in [0.5, 0.6) is 0 Å². The van der Waals surface area contributed by atoms with E-state index in [0.717, 1.165) is 11.8 Å². The molecule has 2 amide bonds. The van der Waals surface area contributed by atoms with Crippen LogP contribution in [0.1, 0.15) is 10.4 Å². The molecule has 1 aromatic heterocycles. The minimum absolute atomic E-state index is 0.0562. The molecule has 160 valence electrons. The van der Waals surface area contributed by atoms with Gasteiger partial charge >= 0.3 is 0 Å². The molecule has 4 aromatic rings. The third-order valence-electron chi connectivity index (χ3n) is 4.62. The van der Waals surface area contributed by atoms with E-state index in [1.165, 1.54) is 34.9 Å². The van der Waals surface area contributed by atoms with Crippen LogP contribution in [0.15, 0.2) is 82.7 Å². The normalized spacial score (nSPS) is 10.8. The zero-order chi connectivity index (χ0) is 22.7. The Morgan fingerprint density at radius 1 is 1.00 bits per heavy atom. The predicted octanol–water partition coefficient (Wildman–Crippen LogP) is 3.35. The SMILES string of the molecule is NC(=O)c1ccc(NC(=O)CSc2nc3ccccc3c(=O)n2-c2ccccc2F)cc1. The van der Waals surface area contributed by atoms with E-state index < -0.39 is 17.3 Å². The first kappa shape index (κ1) is 21.3.